The zero-order valence-electron chi connectivity index (χ0n) is 23.4. The van der Waals surface area contributed by atoms with E-state index in [0.29, 0.717) is 16.7 Å². The predicted octanol–water partition coefficient (Wildman–Crippen LogP) is 5.68. The summed E-state index contributed by atoms with van der Waals surface area (Å²) < 4.78 is 7.14. The Labute approximate surface area is 230 Å². The van der Waals surface area contributed by atoms with E-state index in [1.165, 1.54) is 0 Å². The normalized spacial score (nSPS) is 13.6. The average Bonchev–Trinajstić information content (AvgIpc) is 2.90. The molecule has 0 aliphatic carbocycles. The van der Waals surface area contributed by atoms with E-state index < -0.39 is 25.8 Å². The highest BCUT2D eigenvalue weighted by Crippen LogP contribution is 2.39. The first-order chi connectivity index (χ1) is 18.3. The Bertz CT molecular complexity index is 1510. The number of aromatic nitrogens is 2. The van der Waals surface area contributed by atoms with Crippen LogP contribution in [0.25, 0.3) is 17.0 Å². The molecule has 7 heteroatoms. The average molecular weight is 541 g/mol. The van der Waals surface area contributed by atoms with Crippen molar-refractivity contribution >= 4 is 41.6 Å². The van der Waals surface area contributed by atoms with Crippen LogP contribution in [0.1, 0.15) is 59.0 Å². The van der Waals surface area contributed by atoms with Crippen LogP contribution in [-0.2, 0) is 9.22 Å². The molecule has 0 spiro atoms. The third kappa shape index (κ3) is 5.65. The number of aromatic amines is 1. The first-order valence-electron chi connectivity index (χ1n) is 13.1. The highest BCUT2D eigenvalue weighted by molar-refractivity contribution is 6.99. The Balaban J connectivity index is 1.80. The molecule has 6 nitrogen and oxygen atoms in total. The molecule has 0 saturated heterocycles. The van der Waals surface area contributed by atoms with Crippen LogP contribution in [0.3, 0.4) is 0 Å². The van der Waals surface area contributed by atoms with E-state index in [0.717, 1.165) is 15.9 Å². The summed E-state index contributed by atoms with van der Waals surface area (Å²) in [6, 6.07) is 26.0. The fraction of sp³-hybridized carbons (Fsp3) is 0.281. The van der Waals surface area contributed by atoms with Gasteiger partial charge in [-0.25, -0.2) is 4.98 Å². The maximum absolute atomic E-state index is 13.1. The van der Waals surface area contributed by atoms with Crippen LogP contribution < -0.4 is 15.9 Å². The number of carboxylic acid groups (broad SMARTS) is 1. The summed E-state index contributed by atoms with van der Waals surface area (Å²) in [5.74, 6) is -0.460. The molecule has 1 aromatic heterocycles. The van der Waals surface area contributed by atoms with Crippen LogP contribution in [0.15, 0.2) is 89.7 Å². The van der Waals surface area contributed by atoms with E-state index in [4.69, 9.17) is 9.41 Å². The van der Waals surface area contributed by atoms with Crippen LogP contribution in [0, 0.1) is 5.41 Å². The molecule has 0 radical (unpaired) electrons. The Hall–Kier alpha value is -3.81. The van der Waals surface area contributed by atoms with Gasteiger partial charge in [-0.2, -0.15) is 0 Å². The minimum Gasteiger partial charge on any atom is -0.481 e. The molecular weight excluding hydrogens is 504 g/mol. The number of hydrogen-bond acceptors (Lipinski definition) is 4. The Morgan fingerprint density at radius 1 is 0.949 bits per heavy atom. The molecule has 1 atom stereocenters. The van der Waals surface area contributed by atoms with E-state index in [1.807, 2.05) is 43.3 Å². The maximum atomic E-state index is 13.1. The van der Waals surface area contributed by atoms with Gasteiger partial charge in [0.25, 0.3) is 13.9 Å². The second kappa shape index (κ2) is 10.7. The monoisotopic (exact) mass is 540 g/mol. The molecule has 3 aromatic carbocycles. The smallest absolute Gasteiger partial charge is 0.312 e. The van der Waals surface area contributed by atoms with E-state index >= 15 is 0 Å². The van der Waals surface area contributed by atoms with E-state index in [9.17, 15) is 14.7 Å². The zero-order valence-corrected chi connectivity index (χ0v) is 24.4. The van der Waals surface area contributed by atoms with Crippen molar-refractivity contribution in [3.63, 3.8) is 0 Å². The number of benzene rings is 3. The fourth-order valence-corrected chi connectivity index (χ4v) is 9.52. The molecule has 0 saturated carbocycles. The van der Waals surface area contributed by atoms with Crippen LogP contribution in [0.2, 0.25) is 5.04 Å². The van der Waals surface area contributed by atoms with Crippen molar-refractivity contribution in [3.8, 4) is 0 Å². The van der Waals surface area contributed by atoms with Gasteiger partial charge in [-0.3, -0.25) is 9.59 Å². The molecule has 0 aliphatic rings. The van der Waals surface area contributed by atoms with Gasteiger partial charge >= 0.3 is 5.97 Å². The van der Waals surface area contributed by atoms with Gasteiger partial charge in [0.05, 0.1) is 16.3 Å². The van der Waals surface area contributed by atoms with Crippen LogP contribution in [-0.4, -0.2) is 29.4 Å². The Morgan fingerprint density at radius 3 is 2.03 bits per heavy atom. The lowest BCUT2D eigenvalue weighted by atomic mass is 9.92. The topological polar surface area (TPSA) is 92.3 Å². The molecule has 2 N–H and O–H groups in total. The van der Waals surface area contributed by atoms with Crippen molar-refractivity contribution in [2.45, 2.75) is 52.7 Å². The molecule has 0 fully saturated rings. The van der Waals surface area contributed by atoms with Crippen molar-refractivity contribution in [2.75, 3.05) is 0 Å². The van der Waals surface area contributed by atoms with Gasteiger partial charge in [-0.15, -0.1) is 0 Å². The second-order valence-electron chi connectivity index (χ2n) is 11.5. The van der Waals surface area contributed by atoms with E-state index in [2.05, 4.69) is 50.0 Å². The molecule has 0 unspecified atom stereocenters. The van der Waals surface area contributed by atoms with E-state index in [1.54, 1.807) is 44.2 Å². The number of fused-ring (bicyclic) bond motifs is 1. The summed E-state index contributed by atoms with van der Waals surface area (Å²) in [6.45, 7) is 11.8. The molecule has 0 bridgehead atoms. The van der Waals surface area contributed by atoms with Crippen LogP contribution in [0.5, 0.6) is 0 Å². The molecule has 202 valence electrons. The quantitative estimate of drug-likeness (QED) is 0.280. The van der Waals surface area contributed by atoms with Gasteiger partial charge in [-0.05, 0) is 53.9 Å². The maximum Gasteiger partial charge on any atom is 0.312 e. The third-order valence-electron chi connectivity index (χ3n) is 7.15. The summed E-state index contributed by atoms with van der Waals surface area (Å²) in [7, 11) is -2.86. The van der Waals surface area contributed by atoms with Crippen LogP contribution in [0.4, 0.5) is 0 Å². The van der Waals surface area contributed by atoms with Crippen molar-refractivity contribution in [1.29, 1.82) is 0 Å². The zero-order chi connectivity index (χ0) is 28.4. The summed E-state index contributed by atoms with van der Waals surface area (Å²) in [5, 5.41) is 11.9. The highest BCUT2D eigenvalue weighted by Gasteiger charge is 2.51. The molecule has 1 heterocycles. The number of rotatable bonds is 8. The first-order valence-corrected chi connectivity index (χ1v) is 15.0. The molecule has 0 amide bonds. The summed E-state index contributed by atoms with van der Waals surface area (Å²) in [6.07, 6.45) is 2.89. The SMILES string of the molecule is C[C@@H](O[Si](c1ccccc1)(c1ccccc1)C(C)(C)C)c1nc2cc(C=CC(C)(C)C(=O)O)ccc2c(=O)[nH]1. The molecule has 4 aromatic rings. The van der Waals surface area contributed by atoms with Gasteiger partial charge < -0.3 is 14.5 Å². The van der Waals surface area contributed by atoms with Gasteiger partial charge in [0.15, 0.2) is 0 Å². The fourth-order valence-electron chi connectivity index (χ4n) is 4.86. The number of nitrogens with one attached hydrogen (secondary N) is 1. The lowest BCUT2D eigenvalue weighted by Crippen LogP contribution is -2.66. The second-order valence-corrected chi connectivity index (χ2v) is 15.8. The van der Waals surface area contributed by atoms with Gasteiger partial charge in [0.2, 0.25) is 0 Å². The predicted molar refractivity (Wildman–Crippen MR) is 160 cm³/mol. The summed E-state index contributed by atoms with van der Waals surface area (Å²) in [5.41, 5.74) is 0.0393. The van der Waals surface area contributed by atoms with Gasteiger partial charge in [0.1, 0.15) is 11.9 Å². The number of H-pyrrole nitrogens is 1. The number of hydrogen-bond donors (Lipinski definition) is 2. The lowest BCUT2D eigenvalue weighted by molar-refractivity contribution is -0.144. The lowest BCUT2D eigenvalue weighted by Gasteiger charge is -2.44. The third-order valence-corrected chi connectivity index (χ3v) is 12.3. The summed E-state index contributed by atoms with van der Waals surface area (Å²) >= 11 is 0. The minimum absolute atomic E-state index is 0.226. The van der Waals surface area contributed by atoms with Crippen molar-refractivity contribution in [2.24, 2.45) is 5.41 Å². The Morgan fingerprint density at radius 2 is 1.51 bits per heavy atom. The molecule has 39 heavy (non-hydrogen) atoms. The number of carboxylic acids is 1. The van der Waals surface area contributed by atoms with Gasteiger partial charge in [0, 0.05) is 0 Å². The molecule has 4 rings (SSSR count). The van der Waals surface area contributed by atoms with Gasteiger partial charge in [-0.1, -0.05) is 99.7 Å². The van der Waals surface area contributed by atoms with Crippen molar-refractivity contribution in [3.05, 3.63) is 107 Å². The molecule has 0 aliphatic heterocycles. The van der Waals surface area contributed by atoms with E-state index in [-0.39, 0.29) is 10.6 Å². The van der Waals surface area contributed by atoms with Crippen molar-refractivity contribution in [1.82, 2.24) is 9.97 Å². The molecular formula is C32H36N2O4Si. The van der Waals surface area contributed by atoms with Crippen molar-refractivity contribution < 1.29 is 14.3 Å². The number of nitrogens with zero attached hydrogens (tertiary/aromatic N) is 1. The van der Waals surface area contributed by atoms with Crippen LogP contribution >= 0.6 is 0 Å². The summed E-state index contributed by atoms with van der Waals surface area (Å²) in [4.78, 5) is 32.4. The number of aliphatic carboxylic acids is 1. The highest BCUT2D eigenvalue weighted by atomic mass is 28.4. The Kier molecular flexibility index (Phi) is 7.77. The minimum atomic E-state index is -2.86. The largest absolute Gasteiger partial charge is 0.481 e. The first kappa shape index (κ1) is 28.2. The number of carbonyl (C=O) groups is 1. The standard InChI is InChI=1S/C32H36N2O4Si/c1-22(38-39(31(2,3)4,24-13-9-7-10-14-24)25-15-11-8-12-16-25)28-33-27-21-23(17-18-26(27)29(35)34-28)19-20-32(5,6)30(36)37/h7-22H,1-6H3,(H,36,37)(H,33,34,35)/t22-/m1/s1.